The molecule has 0 bridgehead atoms. The van der Waals surface area contributed by atoms with Gasteiger partial charge in [0.25, 0.3) is 0 Å². The first-order valence-electron chi connectivity index (χ1n) is 28.7. The maximum Gasteiger partial charge on any atom is 0.305 e. The normalized spacial score (nSPS) is 27.5. The van der Waals surface area contributed by atoms with Crippen LogP contribution in [0.1, 0.15) is 233 Å². The van der Waals surface area contributed by atoms with Crippen LogP contribution in [0.4, 0.5) is 0 Å². The third kappa shape index (κ3) is 21.1. The van der Waals surface area contributed by atoms with Crippen LogP contribution in [0, 0.1) is 34.0 Å². The van der Waals surface area contributed by atoms with Crippen LogP contribution >= 0.6 is 0 Å². The Kier molecular flexibility index (Phi) is 27.6. The number of cyclic esters (lactones) is 4. The molecule has 12 heteroatoms. The Bertz CT molecular complexity index is 1480. The molecule has 2 heterocycles. The Labute approximate surface area is 419 Å². The van der Waals surface area contributed by atoms with Crippen LogP contribution in [0.5, 0.6) is 0 Å². The molecule has 2 unspecified atom stereocenters. The summed E-state index contributed by atoms with van der Waals surface area (Å²) in [6.07, 6.45) is 29.3. The summed E-state index contributed by atoms with van der Waals surface area (Å²) in [5, 5.41) is 9.35. The van der Waals surface area contributed by atoms with Gasteiger partial charge in [0, 0.05) is 63.7 Å². The zero-order valence-corrected chi connectivity index (χ0v) is 44.4. The molecule has 69 heavy (non-hydrogen) atoms. The Morgan fingerprint density at radius 1 is 0.580 bits per heavy atom. The largest absolute Gasteiger partial charge is 0.465 e. The number of piperidine rings is 1. The van der Waals surface area contributed by atoms with Gasteiger partial charge in [0.15, 0.2) is 0 Å². The van der Waals surface area contributed by atoms with Gasteiger partial charge < -0.3 is 33.9 Å². The number of ether oxygens (including phenoxy) is 4. The van der Waals surface area contributed by atoms with Crippen LogP contribution in [0.25, 0.3) is 0 Å². The van der Waals surface area contributed by atoms with Gasteiger partial charge >= 0.3 is 23.9 Å². The third-order valence-electron chi connectivity index (χ3n) is 16.7. The molecule has 0 radical (unpaired) electrons. The monoisotopic (exact) mass is 973 g/mol. The fourth-order valence-corrected chi connectivity index (χ4v) is 12.7. The zero-order chi connectivity index (χ0) is 49.8. The van der Waals surface area contributed by atoms with Crippen molar-refractivity contribution in [2.45, 2.75) is 233 Å². The summed E-state index contributed by atoms with van der Waals surface area (Å²) < 4.78 is 24.2. The number of likely N-dealkylation sites (tertiary alicyclic amines) is 1. The minimum absolute atomic E-state index is 0.0502. The number of carbonyl (C=O) groups excluding carboxylic acids is 5. The molecule has 3 spiro atoms. The second kappa shape index (κ2) is 32.4. The maximum atomic E-state index is 13.5. The molecule has 0 aromatic heterocycles. The predicted octanol–water partition coefficient (Wildman–Crippen LogP) is 11.7. The van der Waals surface area contributed by atoms with E-state index in [1.807, 2.05) is 11.8 Å². The highest BCUT2D eigenvalue weighted by atomic mass is 16.6. The summed E-state index contributed by atoms with van der Waals surface area (Å²) in [6, 6.07) is 0. The van der Waals surface area contributed by atoms with Crippen LogP contribution in [0.2, 0.25) is 0 Å². The summed E-state index contributed by atoms with van der Waals surface area (Å²) in [6.45, 7) is 12.8. The molecular weight excluding hydrogens is 873 g/mol. The number of rotatable bonds is 20. The van der Waals surface area contributed by atoms with Gasteiger partial charge in [-0.1, -0.05) is 118 Å². The van der Waals surface area contributed by atoms with Crippen molar-refractivity contribution in [2.75, 3.05) is 65.8 Å². The van der Waals surface area contributed by atoms with Gasteiger partial charge in [-0.15, -0.1) is 0 Å². The lowest BCUT2D eigenvalue weighted by Crippen LogP contribution is -2.58. The summed E-state index contributed by atoms with van der Waals surface area (Å²) in [7, 11) is 0. The van der Waals surface area contributed by atoms with Crippen molar-refractivity contribution < 1.29 is 48.0 Å². The van der Waals surface area contributed by atoms with E-state index in [1.165, 1.54) is 89.9 Å². The number of hydrogen-bond acceptors (Lipinski definition) is 11. The summed E-state index contributed by atoms with van der Waals surface area (Å²) >= 11 is 0. The van der Waals surface area contributed by atoms with Gasteiger partial charge in [0.2, 0.25) is 5.91 Å². The molecule has 2 saturated carbocycles. The van der Waals surface area contributed by atoms with E-state index in [-0.39, 0.29) is 79.7 Å². The first-order chi connectivity index (χ1) is 33.4. The van der Waals surface area contributed by atoms with Crippen molar-refractivity contribution in [1.29, 1.82) is 0 Å². The molecule has 1 amide bonds. The fourth-order valence-electron chi connectivity index (χ4n) is 12.7. The molecule has 2 aliphatic heterocycles. The molecule has 1 N–H and O–H groups in total. The lowest BCUT2D eigenvalue weighted by Gasteiger charge is -2.67. The fraction of sp³-hybridized carbons (Fsp3) is 0.912. The second-order valence-corrected chi connectivity index (χ2v) is 22.5. The lowest BCUT2D eigenvalue weighted by molar-refractivity contribution is -0.183. The highest BCUT2D eigenvalue weighted by molar-refractivity contribution is 5.76. The Balaban J connectivity index is 1.44. The average molecular weight is 973 g/mol. The minimum Gasteiger partial charge on any atom is -0.465 e. The second-order valence-electron chi connectivity index (χ2n) is 22.5. The van der Waals surface area contributed by atoms with Crippen molar-refractivity contribution in [2.24, 2.45) is 34.0 Å². The molecular formula is C57H100N2O10. The van der Waals surface area contributed by atoms with E-state index in [2.05, 4.69) is 25.7 Å². The number of amides is 1. The number of hydrogen-bond donors (Lipinski definition) is 1. The smallest absolute Gasteiger partial charge is 0.305 e. The Hall–Kier alpha value is -2.73. The van der Waals surface area contributed by atoms with Crippen LogP contribution in [0.15, 0.2) is 0 Å². The molecule has 2 saturated heterocycles. The maximum absolute atomic E-state index is 13.5. The molecule has 398 valence electrons. The summed E-state index contributed by atoms with van der Waals surface area (Å²) in [4.78, 5) is 70.1. The van der Waals surface area contributed by atoms with E-state index < -0.39 is 5.41 Å². The number of unbranched alkanes of at least 4 members (excludes halogenated alkanes) is 8. The number of carbonyl (C=O) groups is 5. The third-order valence-corrected chi connectivity index (χ3v) is 16.7. The number of esters is 4. The molecule has 2 atom stereocenters. The van der Waals surface area contributed by atoms with Crippen LogP contribution in [-0.2, 0) is 42.9 Å². The van der Waals surface area contributed by atoms with Gasteiger partial charge in [-0.25, -0.2) is 0 Å². The molecule has 4 aliphatic rings. The predicted molar refractivity (Wildman–Crippen MR) is 272 cm³/mol. The first-order valence-corrected chi connectivity index (χ1v) is 28.7. The van der Waals surface area contributed by atoms with Gasteiger partial charge in [0.1, 0.15) is 13.2 Å². The number of likely N-dealkylation sites (N-methyl/N-ethyl adjacent to an activating group) is 1. The first kappa shape index (κ1) is 58.8. The van der Waals surface area contributed by atoms with Gasteiger partial charge in [0.05, 0.1) is 19.8 Å². The van der Waals surface area contributed by atoms with Gasteiger partial charge in [-0.2, -0.15) is 0 Å². The Morgan fingerprint density at radius 3 is 1.65 bits per heavy atom. The van der Waals surface area contributed by atoms with Crippen LogP contribution in [0.3, 0.4) is 0 Å². The van der Waals surface area contributed by atoms with E-state index in [4.69, 9.17) is 18.9 Å². The van der Waals surface area contributed by atoms with Crippen molar-refractivity contribution in [1.82, 2.24) is 9.80 Å². The SMILES string of the molecule is CCCCCCCCC1COC(=O)CCCCCC(=O)OCC2(CCN(C(=O)CCN(CC)CCO)CC2)COC(=O)CCCCCC(=O)OCC(CCCCCC)C2(C1)CC1(CC(CCC)C1)C2. The van der Waals surface area contributed by atoms with E-state index in [0.29, 0.717) is 115 Å². The topological polar surface area (TPSA) is 149 Å². The average Bonchev–Trinajstić information content (AvgIpc) is 3.32. The molecule has 0 aromatic rings. The molecule has 0 aromatic carbocycles. The number of aliphatic hydroxyl groups is 1. The van der Waals surface area contributed by atoms with Crippen molar-refractivity contribution in [3.05, 3.63) is 0 Å². The van der Waals surface area contributed by atoms with E-state index >= 15 is 0 Å². The van der Waals surface area contributed by atoms with Crippen molar-refractivity contribution in [3.63, 3.8) is 0 Å². The quantitative estimate of drug-likeness (QED) is 0.0706. The molecule has 4 fully saturated rings. The highest BCUT2D eigenvalue weighted by Crippen LogP contribution is 2.71. The molecule has 2 aliphatic carbocycles. The summed E-state index contributed by atoms with van der Waals surface area (Å²) in [5.74, 6) is 0.500. The zero-order valence-electron chi connectivity index (χ0n) is 44.4. The van der Waals surface area contributed by atoms with Gasteiger partial charge in [-0.05, 0) is 119 Å². The molecule has 4 rings (SSSR count). The number of nitrogens with zero attached hydrogens (tertiary/aromatic N) is 2. The van der Waals surface area contributed by atoms with Crippen molar-refractivity contribution in [3.8, 4) is 0 Å². The standard InChI is InChI=1S/C57H100N2O10/c1-5-9-11-13-14-17-24-48-40-57(43-56(44-57)38-47(39-56)23-7-3)49(25-18-12-10-6-2)42-67-52(63)27-20-16-22-29-54(65)69-46-55(45-68-53(64)28-21-15-19-26-51(62)66-41-48)31-34-59(35-32-55)50(61)30-33-58(8-4)36-37-60/h47-49,60H,5-46H2,1-4H3. The van der Waals surface area contributed by atoms with E-state index in [9.17, 15) is 29.1 Å². The lowest BCUT2D eigenvalue weighted by atomic mass is 9.38. The summed E-state index contributed by atoms with van der Waals surface area (Å²) in [5.41, 5.74) is -0.107. The molecule has 12 nitrogen and oxygen atoms in total. The number of aliphatic hydroxyl groups excluding tert-OH is 1. The van der Waals surface area contributed by atoms with Crippen LogP contribution < -0.4 is 0 Å². The Morgan fingerprint density at radius 2 is 1.10 bits per heavy atom. The van der Waals surface area contributed by atoms with Crippen LogP contribution in [-0.4, -0.2) is 110 Å². The van der Waals surface area contributed by atoms with E-state index in [0.717, 1.165) is 44.6 Å². The highest BCUT2D eigenvalue weighted by Gasteiger charge is 2.62. The minimum atomic E-state index is -0.597. The van der Waals surface area contributed by atoms with Crippen molar-refractivity contribution >= 4 is 29.8 Å². The van der Waals surface area contributed by atoms with Gasteiger partial charge in [-0.3, -0.25) is 24.0 Å². The van der Waals surface area contributed by atoms with E-state index in [1.54, 1.807) is 0 Å².